The largest absolute Gasteiger partial charge is 0.320 e. The number of anilines is 1. The van der Waals surface area contributed by atoms with Gasteiger partial charge in [-0.05, 0) is 12.5 Å². The summed E-state index contributed by atoms with van der Waals surface area (Å²) in [5.74, 6) is -1.20. The van der Waals surface area contributed by atoms with Gasteiger partial charge in [0.25, 0.3) is 5.91 Å². The molecule has 3 saturated heterocycles. The Labute approximate surface area is 152 Å². The van der Waals surface area contributed by atoms with Crippen molar-refractivity contribution in [3.63, 3.8) is 0 Å². The summed E-state index contributed by atoms with van der Waals surface area (Å²) >= 11 is 0. The molecule has 26 heavy (non-hydrogen) atoms. The molecule has 0 radical (unpaired) electrons. The zero-order valence-corrected chi connectivity index (χ0v) is 15.0. The first-order valence-electron chi connectivity index (χ1n) is 9.74. The quantitative estimate of drug-likeness (QED) is 0.767. The fourth-order valence-corrected chi connectivity index (χ4v) is 6.01. The molecule has 4 aliphatic heterocycles. The third-order valence-corrected chi connectivity index (χ3v) is 6.95. The van der Waals surface area contributed by atoms with Gasteiger partial charge in [-0.25, -0.2) is 0 Å². The number of nitrogens with zero attached hydrogens (tertiary/aromatic N) is 1. The van der Waals surface area contributed by atoms with E-state index in [4.69, 9.17) is 0 Å². The van der Waals surface area contributed by atoms with E-state index in [9.17, 15) is 14.4 Å². The van der Waals surface area contributed by atoms with Crippen molar-refractivity contribution in [1.29, 1.82) is 0 Å². The van der Waals surface area contributed by atoms with Crippen LogP contribution >= 0.6 is 0 Å². The van der Waals surface area contributed by atoms with Crippen molar-refractivity contribution >= 4 is 23.4 Å². The number of hydrogen-bond donors (Lipinski definition) is 2. The lowest BCUT2D eigenvalue weighted by Gasteiger charge is -2.33. The van der Waals surface area contributed by atoms with E-state index in [-0.39, 0.29) is 29.7 Å². The highest BCUT2D eigenvalue weighted by molar-refractivity contribution is 6.14. The second kappa shape index (κ2) is 5.39. The van der Waals surface area contributed by atoms with Crippen LogP contribution in [-0.2, 0) is 19.9 Å². The number of carbonyl (C=O) groups excluding carboxylic acids is 3. The summed E-state index contributed by atoms with van der Waals surface area (Å²) in [6, 6.07) is 7.76. The van der Waals surface area contributed by atoms with Gasteiger partial charge in [-0.15, -0.1) is 0 Å². The van der Waals surface area contributed by atoms with Crippen molar-refractivity contribution in [2.45, 2.75) is 44.2 Å². The summed E-state index contributed by atoms with van der Waals surface area (Å²) in [5, 5.41) is 3.01. The van der Waals surface area contributed by atoms with Crippen molar-refractivity contribution in [2.75, 3.05) is 18.4 Å². The number of rotatable bonds is 3. The van der Waals surface area contributed by atoms with Crippen LogP contribution in [0.3, 0.4) is 0 Å². The molecule has 5 rings (SSSR count). The summed E-state index contributed by atoms with van der Waals surface area (Å²) in [6.45, 7) is 3.37. The zero-order valence-electron chi connectivity index (χ0n) is 15.0. The Morgan fingerprint density at radius 1 is 1.23 bits per heavy atom. The minimum Gasteiger partial charge on any atom is -0.320 e. The molecule has 0 bridgehead atoms. The molecular formula is C20H24N3O3+. The van der Waals surface area contributed by atoms with E-state index in [2.05, 4.69) is 12.2 Å². The topological polar surface area (TPSA) is 70.9 Å². The minimum atomic E-state index is -0.934. The Bertz CT molecular complexity index is 822. The first-order chi connectivity index (χ1) is 12.6. The van der Waals surface area contributed by atoms with Gasteiger partial charge in [-0.1, -0.05) is 31.5 Å². The average Bonchev–Trinajstić information content (AvgIpc) is 3.33. The molecule has 1 spiro atoms. The Kier molecular flexibility index (Phi) is 3.32. The van der Waals surface area contributed by atoms with Crippen molar-refractivity contribution in [3.05, 3.63) is 29.8 Å². The highest BCUT2D eigenvalue weighted by Crippen LogP contribution is 2.51. The molecule has 1 aromatic rings. The first kappa shape index (κ1) is 16.0. The van der Waals surface area contributed by atoms with Gasteiger partial charge in [0.2, 0.25) is 17.4 Å². The number of fused-ring (bicyclic) bond motifs is 7. The second-order valence-corrected chi connectivity index (χ2v) is 8.02. The lowest BCUT2D eigenvalue weighted by molar-refractivity contribution is -0.948. The van der Waals surface area contributed by atoms with E-state index in [0.29, 0.717) is 6.54 Å². The lowest BCUT2D eigenvalue weighted by Crippen LogP contribution is -3.19. The van der Waals surface area contributed by atoms with Crippen LogP contribution in [0, 0.1) is 11.8 Å². The van der Waals surface area contributed by atoms with Gasteiger partial charge in [0.1, 0.15) is 17.9 Å². The van der Waals surface area contributed by atoms with Crippen LogP contribution in [0.2, 0.25) is 0 Å². The number of carbonyl (C=O) groups is 3. The molecular weight excluding hydrogens is 330 g/mol. The van der Waals surface area contributed by atoms with Crippen molar-refractivity contribution in [2.24, 2.45) is 11.8 Å². The Balaban J connectivity index is 1.68. The minimum absolute atomic E-state index is 0.0492. The Hall–Kier alpha value is -2.21. The van der Waals surface area contributed by atoms with Crippen LogP contribution in [0.25, 0.3) is 0 Å². The van der Waals surface area contributed by atoms with Crippen LogP contribution in [0.5, 0.6) is 0 Å². The Morgan fingerprint density at radius 2 is 2.04 bits per heavy atom. The maximum atomic E-state index is 13.4. The third-order valence-electron chi connectivity index (χ3n) is 6.95. The van der Waals surface area contributed by atoms with Crippen LogP contribution in [0.1, 0.15) is 38.2 Å². The van der Waals surface area contributed by atoms with Gasteiger partial charge in [0, 0.05) is 24.9 Å². The summed E-state index contributed by atoms with van der Waals surface area (Å²) in [4.78, 5) is 42.4. The molecule has 2 N–H and O–H groups in total. The van der Waals surface area contributed by atoms with E-state index >= 15 is 0 Å². The molecule has 1 aromatic carbocycles. The van der Waals surface area contributed by atoms with Gasteiger partial charge >= 0.3 is 0 Å². The molecule has 0 aliphatic carbocycles. The zero-order chi connectivity index (χ0) is 18.1. The highest BCUT2D eigenvalue weighted by Gasteiger charge is 2.78. The smallest absolute Gasteiger partial charge is 0.291 e. The summed E-state index contributed by atoms with van der Waals surface area (Å²) in [7, 11) is 0. The number of quaternary nitrogens is 1. The number of para-hydroxylation sites is 1. The van der Waals surface area contributed by atoms with Gasteiger partial charge in [0.05, 0.1) is 12.2 Å². The number of nitrogens with one attached hydrogen (secondary N) is 2. The van der Waals surface area contributed by atoms with Crippen molar-refractivity contribution in [1.82, 2.24) is 4.90 Å². The molecule has 6 nitrogen and oxygen atoms in total. The number of likely N-dealkylation sites (tertiary alicyclic amines) is 1. The van der Waals surface area contributed by atoms with E-state index in [1.54, 1.807) is 0 Å². The maximum absolute atomic E-state index is 13.4. The van der Waals surface area contributed by atoms with E-state index in [1.165, 1.54) is 4.90 Å². The monoisotopic (exact) mass is 354 g/mol. The molecule has 4 heterocycles. The molecule has 6 heteroatoms. The molecule has 4 aliphatic rings. The summed E-state index contributed by atoms with van der Waals surface area (Å²) in [6.07, 6.45) is 3.65. The fourth-order valence-electron chi connectivity index (χ4n) is 6.01. The number of imide groups is 1. The highest BCUT2D eigenvalue weighted by atomic mass is 16.2. The van der Waals surface area contributed by atoms with Gasteiger partial charge in [0.15, 0.2) is 0 Å². The fraction of sp³-hybridized carbons (Fsp3) is 0.550. The standard InChI is InChI=1S/C20H23N3O3/c1-2-3-10-22-17(24)15-14-9-6-11-23(14)20(16(15)18(22)25)12-7-4-5-8-13(12)21-19(20)26/h4-5,7-8,14-16H,2-3,6,9-11H2,1H3,(H,21,26)/p+1/t14-,15-,16+,20-/m1/s1. The molecule has 3 fully saturated rings. The molecule has 3 amide bonds. The SMILES string of the molecule is CCCCN1C(=O)[C@@H]2[C@H]3CCC[NH+]3[C@@]3(C(=O)Nc4ccccc43)[C@@H]2C1=O. The first-order valence-corrected chi connectivity index (χ1v) is 9.74. The Morgan fingerprint density at radius 3 is 2.85 bits per heavy atom. The predicted molar refractivity (Wildman–Crippen MR) is 94.2 cm³/mol. The maximum Gasteiger partial charge on any atom is 0.291 e. The number of hydrogen-bond acceptors (Lipinski definition) is 3. The van der Waals surface area contributed by atoms with Gasteiger partial charge in [-0.3, -0.25) is 19.3 Å². The normalized spacial score (nSPS) is 37.3. The van der Waals surface area contributed by atoms with Gasteiger partial charge in [-0.2, -0.15) is 0 Å². The summed E-state index contributed by atoms with van der Waals surface area (Å²) in [5.41, 5.74) is 0.761. The molecule has 0 saturated carbocycles. The number of benzene rings is 1. The molecule has 5 atom stereocenters. The van der Waals surface area contributed by atoms with Crippen LogP contribution in [0.15, 0.2) is 24.3 Å². The lowest BCUT2D eigenvalue weighted by atomic mass is 9.75. The van der Waals surface area contributed by atoms with Gasteiger partial charge < -0.3 is 10.2 Å². The van der Waals surface area contributed by atoms with Crippen LogP contribution in [0.4, 0.5) is 5.69 Å². The van der Waals surface area contributed by atoms with Crippen molar-refractivity contribution in [3.8, 4) is 0 Å². The predicted octanol–water partition coefficient (Wildman–Crippen LogP) is 0.296. The molecule has 0 aromatic heterocycles. The third kappa shape index (κ3) is 1.68. The van der Waals surface area contributed by atoms with E-state index in [0.717, 1.165) is 48.4 Å². The second-order valence-electron chi connectivity index (χ2n) is 8.02. The van der Waals surface area contributed by atoms with Crippen LogP contribution in [-0.4, -0.2) is 41.8 Å². The van der Waals surface area contributed by atoms with Crippen LogP contribution < -0.4 is 10.2 Å². The molecule has 136 valence electrons. The van der Waals surface area contributed by atoms with E-state index in [1.807, 2.05) is 24.3 Å². The summed E-state index contributed by atoms with van der Waals surface area (Å²) < 4.78 is 0. The molecule has 1 unspecified atom stereocenters. The van der Waals surface area contributed by atoms with E-state index < -0.39 is 11.5 Å². The number of unbranched alkanes of at least 4 members (excludes halogenated alkanes) is 1. The number of amides is 3. The van der Waals surface area contributed by atoms with Crippen molar-refractivity contribution < 1.29 is 19.3 Å². The average molecular weight is 354 g/mol.